The van der Waals surface area contributed by atoms with Gasteiger partial charge in [0.2, 0.25) is 0 Å². The number of nitrogens with one attached hydrogen (secondary N) is 1. The van der Waals surface area contributed by atoms with Crippen molar-refractivity contribution in [2.45, 2.75) is 83.9 Å². The van der Waals surface area contributed by atoms with Crippen LogP contribution in [0.3, 0.4) is 0 Å². The van der Waals surface area contributed by atoms with Crippen LogP contribution in [0.1, 0.15) is 105 Å². The number of carbonyl (C=O) groups is 2. The van der Waals surface area contributed by atoms with E-state index in [1.165, 1.54) is 30.5 Å². The second-order valence-electron chi connectivity index (χ2n) is 12.4. The number of rotatable bonds is 6. The minimum atomic E-state index is -0.539. The summed E-state index contributed by atoms with van der Waals surface area (Å²) in [4.78, 5) is 27.3. The zero-order chi connectivity index (χ0) is 29.9. The van der Waals surface area contributed by atoms with Crippen LogP contribution in [0, 0.1) is 5.82 Å². The van der Waals surface area contributed by atoms with Crippen LogP contribution in [-0.4, -0.2) is 45.4 Å². The lowest BCUT2D eigenvalue weighted by atomic mass is 9.88. The highest BCUT2D eigenvalue weighted by atomic mass is 19.1. The quantitative estimate of drug-likeness (QED) is 0.333. The molecule has 1 saturated heterocycles. The minimum Gasteiger partial charge on any atom is -0.444 e. The Morgan fingerprint density at radius 3 is 2.14 bits per heavy atom. The topological polar surface area (TPSA) is 76.5 Å². The van der Waals surface area contributed by atoms with Crippen LogP contribution in [0.4, 0.5) is 9.18 Å². The largest absolute Gasteiger partial charge is 0.444 e. The molecule has 1 atom stereocenters. The maximum absolute atomic E-state index is 13.8. The predicted octanol–water partition coefficient (Wildman–Crippen LogP) is 7.46. The maximum Gasteiger partial charge on any atom is 0.410 e. The van der Waals surface area contributed by atoms with Gasteiger partial charge in [-0.1, -0.05) is 54.8 Å². The molecule has 0 spiro atoms. The van der Waals surface area contributed by atoms with Gasteiger partial charge in [0.05, 0.1) is 23.8 Å². The van der Waals surface area contributed by atoms with Crippen LogP contribution in [0.2, 0.25) is 0 Å². The van der Waals surface area contributed by atoms with Crippen molar-refractivity contribution in [1.29, 1.82) is 0 Å². The first-order valence-corrected chi connectivity index (χ1v) is 15.0. The van der Waals surface area contributed by atoms with Crippen LogP contribution in [0.15, 0.2) is 66.5 Å². The summed E-state index contributed by atoms with van der Waals surface area (Å²) in [5.74, 6) is -0.418. The van der Waals surface area contributed by atoms with E-state index in [4.69, 9.17) is 4.74 Å². The molecule has 1 aliphatic carbocycles. The molecular formula is C34H41FN4O3. The number of amides is 2. The SMILES string of the molecule is C[C@@H](NC(=O)c1cnn(C2CCCC2)c1)c1ccc(C(=C2CCN(C(=O)OC(C)(C)C)CC2)c2ccc(F)cc2)cc1. The Bertz CT molecular complexity index is 1420. The molecule has 2 fully saturated rings. The predicted molar refractivity (Wildman–Crippen MR) is 162 cm³/mol. The van der Waals surface area contributed by atoms with Gasteiger partial charge in [-0.15, -0.1) is 0 Å². The van der Waals surface area contributed by atoms with Gasteiger partial charge in [-0.3, -0.25) is 9.48 Å². The van der Waals surface area contributed by atoms with Crippen molar-refractivity contribution in [1.82, 2.24) is 20.0 Å². The van der Waals surface area contributed by atoms with Crippen molar-refractivity contribution in [3.8, 4) is 0 Å². The van der Waals surface area contributed by atoms with Crippen molar-refractivity contribution in [2.75, 3.05) is 13.1 Å². The summed E-state index contributed by atoms with van der Waals surface area (Å²) >= 11 is 0. The van der Waals surface area contributed by atoms with Crippen molar-refractivity contribution in [3.63, 3.8) is 0 Å². The third-order valence-corrected chi connectivity index (χ3v) is 8.11. The van der Waals surface area contributed by atoms with Gasteiger partial charge in [0, 0.05) is 19.3 Å². The Labute approximate surface area is 247 Å². The van der Waals surface area contributed by atoms with Crippen molar-refractivity contribution < 1.29 is 18.7 Å². The maximum atomic E-state index is 13.8. The van der Waals surface area contributed by atoms with E-state index in [9.17, 15) is 14.0 Å². The van der Waals surface area contributed by atoms with Crippen molar-refractivity contribution >= 4 is 17.6 Å². The Hall–Kier alpha value is -3.94. The van der Waals surface area contributed by atoms with Crippen molar-refractivity contribution in [3.05, 3.63) is 94.6 Å². The van der Waals surface area contributed by atoms with Crippen LogP contribution in [0.5, 0.6) is 0 Å². The van der Waals surface area contributed by atoms with Gasteiger partial charge in [0.1, 0.15) is 11.4 Å². The fourth-order valence-electron chi connectivity index (χ4n) is 5.85. The molecule has 42 heavy (non-hydrogen) atoms. The molecule has 2 heterocycles. The average Bonchev–Trinajstić information content (AvgIpc) is 3.67. The van der Waals surface area contributed by atoms with Crippen LogP contribution < -0.4 is 5.32 Å². The standard InChI is InChI=1S/C34H41FN4O3/c1-23(37-32(40)28-21-36-39(22-28)30-7-5-6-8-30)24-9-11-25(12-10-24)31(26-13-15-29(35)16-14-26)27-17-19-38(20-18-27)33(41)42-34(2,3)4/h9-16,21-23,30H,5-8,17-20H2,1-4H3,(H,37,40)/t23-/m1/s1. The molecular weight excluding hydrogens is 531 g/mol. The van der Waals surface area contributed by atoms with Gasteiger partial charge in [-0.05, 0) is 87.8 Å². The number of hydrogen-bond acceptors (Lipinski definition) is 4. The number of piperidine rings is 1. The van der Waals surface area contributed by atoms with E-state index in [0.717, 1.165) is 35.1 Å². The number of likely N-dealkylation sites (tertiary alicyclic amines) is 1. The number of halogens is 1. The molecule has 2 aromatic carbocycles. The van der Waals surface area contributed by atoms with Gasteiger partial charge < -0.3 is 15.0 Å². The fourth-order valence-corrected chi connectivity index (χ4v) is 5.85. The summed E-state index contributed by atoms with van der Waals surface area (Å²) in [7, 11) is 0. The van der Waals surface area contributed by atoms with Gasteiger partial charge in [0.15, 0.2) is 0 Å². The first-order valence-electron chi connectivity index (χ1n) is 15.0. The molecule has 0 bridgehead atoms. The van der Waals surface area contributed by atoms with E-state index < -0.39 is 5.60 Å². The lowest BCUT2D eigenvalue weighted by Crippen LogP contribution is -2.40. The van der Waals surface area contributed by atoms with Crippen LogP contribution in [-0.2, 0) is 4.74 Å². The Kier molecular flexibility index (Phi) is 8.80. The monoisotopic (exact) mass is 572 g/mol. The Morgan fingerprint density at radius 2 is 1.55 bits per heavy atom. The zero-order valence-electron chi connectivity index (χ0n) is 25.0. The molecule has 1 aliphatic heterocycles. The van der Waals surface area contributed by atoms with Gasteiger partial charge in [0.25, 0.3) is 5.91 Å². The lowest BCUT2D eigenvalue weighted by Gasteiger charge is -2.32. The molecule has 3 aromatic rings. The first kappa shape index (κ1) is 29.5. The molecule has 222 valence electrons. The van der Waals surface area contributed by atoms with Gasteiger partial charge >= 0.3 is 6.09 Å². The van der Waals surface area contributed by atoms with Crippen LogP contribution >= 0.6 is 0 Å². The third kappa shape index (κ3) is 7.09. The van der Waals surface area contributed by atoms with E-state index in [1.54, 1.807) is 23.2 Å². The number of carbonyl (C=O) groups excluding carboxylic acids is 2. The molecule has 1 N–H and O–H groups in total. The number of aromatic nitrogens is 2. The van der Waals surface area contributed by atoms with E-state index >= 15 is 0 Å². The third-order valence-electron chi connectivity index (χ3n) is 8.11. The zero-order valence-corrected chi connectivity index (χ0v) is 25.0. The minimum absolute atomic E-state index is 0.137. The molecule has 8 heteroatoms. The summed E-state index contributed by atoms with van der Waals surface area (Å²) in [5, 5.41) is 7.54. The second kappa shape index (κ2) is 12.5. The molecule has 2 aliphatic rings. The highest BCUT2D eigenvalue weighted by molar-refractivity contribution is 5.94. The molecule has 2 amide bonds. The smallest absolute Gasteiger partial charge is 0.410 e. The summed E-state index contributed by atoms with van der Waals surface area (Å²) in [6.07, 6.45) is 9.27. The molecule has 5 rings (SSSR count). The number of benzene rings is 2. The number of ether oxygens (including phenoxy) is 1. The Morgan fingerprint density at radius 1 is 0.952 bits per heavy atom. The highest BCUT2D eigenvalue weighted by Crippen LogP contribution is 2.34. The summed E-state index contributed by atoms with van der Waals surface area (Å²) in [5.41, 5.74) is 5.25. The molecule has 7 nitrogen and oxygen atoms in total. The van der Waals surface area contributed by atoms with E-state index in [1.807, 2.05) is 50.7 Å². The second-order valence-corrected chi connectivity index (χ2v) is 12.4. The van der Waals surface area contributed by atoms with E-state index in [2.05, 4.69) is 22.5 Å². The summed E-state index contributed by atoms with van der Waals surface area (Å²) < 4.78 is 21.3. The molecule has 0 unspecified atom stereocenters. The molecule has 1 aromatic heterocycles. The highest BCUT2D eigenvalue weighted by Gasteiger charge is 2.26. The van der Waals surface area contributed by atoms with Gasteiger partial charge in [-0.2, -0.15) is 5.10 Å². The van der Waals surface area contributed by atoms with E-state index in [0.29, 0.717) is 37.5 Å². The number of nitrogens with zero attached hydrogens (tertiary/aromatic N) is 3. The molecule has 0 radical (unpaired) electrons. The van der Waals surface area contributed by atoms with Gasteiger partial charge in [-0.25, -0.2) is 9.18 Å². The van der Waals surface area contributed by atoms with E-state index in [-0.39, 0.29) is 23.9 Å². The first-order chi connectivity index (χ1) is 20.1. The lowest BCUT2D eigenvalue weighted by molar-refractivity contribution is 0.0236. The normalized spacial score (nSPS) is 16.8. The summed E-state index contributed by atoms with van der Waals surface area (Å²) in [6, 6.07) is 14.9. The average molecular weight is 573 g/mol. The van der Waals surface area contributed by atoms with Crippen LogP contribution in [0.25, 0.3) is 5.57 Å². The summed E-state index contributed by atoms with van der Waals surface area (Å²) in [6.45, 7) is 8.70. The number of hydrogen-bond donors (Lipinski definition) is 1. The van der Waals surface area contributed by atoms with Crippen molar-refractivity contribution in [2.24, 2.45) is 0 Å². The fraction of sp³-hybridized carbons (Fsp3) is 0.441. The Balaban J connectivity index is 1.31. The molecule has 1 saturated carbocycles.